The van der Waals surface area contributed by atoms with Crippen molar-refractivity contribution in [3.05, 3.63) is 95.5 Å². The normalized spacial score (nSPS) is 16.5. The molecule has 1 fully saturated rings. The van der Waals surface area contributed by atoms with E-state index in [-0.39, 0.29) is 12.1 Å². The first-order valence-corrected chi connectivity index (χ1v) is 9.75. The molecule has 3 aromatic rings. The number of urea groups is 1. The third kappa shape index (κ3) is 4.12. The van der Waals surface area contributed by atoms with Crippen LogP contribution in [0.5, 0.6) is 0 Å². The number of nitrogens with zero attached hydrogens (tertiary/aromatic N) is 2. The smallest absolute Gasteiger partial charge is 0.325 e. The molecule has 1 heterocycles. The highest BCUT2D eigenvalue weighted by Gasteiger charge is 2.37. The van der Waals surface area contributed by atoms with Crippen LogP contribution < -0.4 is 10.2 Å². The van der Waals surface area contributed by atoms with Gasteiger partial charge in [0, 0.05) is 36.0 Å². The first kappa shape index (κ1) is 18.4. The quantitative estimate of drug-likeness (QED) is 0.621. The van der Waals surface area contributed by atoms with Gasteiger partial charge in [-0.3, -0.25) is 4.90 Å². The largest absolute Gasteiger partial charge is 0.383 e. The number of amides is 2. The Kier molecular flexibility index (Phi) is 5.49. The number of carbonyl (C=O) groups is 1. The molecule has 1 N–H and O–H groups in total. The predicted molar refractivity (Wildman–Crippen MR) is 115 cm³/mol. The van der Waals surface area contributed by atoms with Gasteiger partial charge in [-0.15, -0.1) is 0 Å². The van der Waals surface area contributed by atoms with Gasteiger partial charge in [-0.05, 0) is 42.0 Å². The van der Waals surface area contributed by atoms with Gasteiger partial charge in [-0.2, -0.15) is 0 Å². The minimum atomic E-state index is 0.0364. The van der Waals surface area contributed by atoms with Gasteiger partial charge in [0.15, 0.2) is 0 Å². The summed E-state index contributed by atoms with van der Waals surface area (Å²) in [6.07, 6.45) is 0. The van der Waals surface area contributed by atoms with Crippen LogP contribution >= 0.6 is 11.6 Å². The Labute approximate surface area is 170 Å². The second kappa shape index (κ2) is 8.36. The van der Waals surface area contributed by atoms with E-state index in [0.29, 0.717) is 24.7 Å². The van der Waals surface area contributed by atoms with Gasteiger partial charge in [-0.1, -0.05) is 60.1 Å². The lowest BCUT2D eigenvalue weighted by molar-refractivity contribution is 0.218. The molecule has 0 bridgehead atoms. The van der Waals surface area contributed by atoms with E-state index < -0.39 is 0 Å². The minimum Gasteiger partial charge on any atom is -0.383 e. The van der Waals surface area contributed by atoms with E-state index in [1.165, 1.54) is 0 Å². The lowest BCUT2D eigenvalue weighted by Gasteiger charge is -2.24. The Morgan fingerprint density at radius 1 is 0.893 bits per heavy atom. The Morgan fingerprint density at radius 3 is 2.21 bits per heavy atom. The van der Waals surface area contributed by atoms with Crippen LogP contribution in [0.3, 0.4) is 0 Å². The van der Waals surface area contributed by atoms with E-state index in [1.807, 2.05) is 82.6 Å². The second-order valence-electron chi connectivity index (χ2n) is 6.90. The third-order valence-electron chi connectivity index (χ3n) is 4.91. The first-order chi connectivity index (χ1) is 13.7. The summed E-state index contributed by atoms with van der Waals surface area (Å²) < 4.78 is 0. The maximum atomic E-state index is 13.2. The molecule has 1 aliphatic heterocycles. The van der Waals surface area contributed by atoms with Crippen LogP contribution in [-0.4, -0.2) is 30.1 Å². The number of para-hydroxylation sites is 1. The van der Waals surface area contributed by atoms with Crippen LogP contribution in [0.15, 0.2) is 84.9 Å². The van der Waals surface area contributed by atoms with Gasteiger partial charge in [0.25, 0.3) is 0 Å². The fourth-order valence-electron chi connectivity index (χ4n) is 3.53. The van der Waals surface area contributed by atoms with Gasteiger partial charge in [-0.25, -0.2) is 4.79 Å². The number of hydrogen-bond donors (Lipinski definition) is 1. The summed E-state index contributed by atoms with van der Waals surface area (Å²) in [5.74, 6) is 0. The van der Waals surface area contributed by atoms with E-state index in [9.17, 15) is 4.79 Å². The average molecular weight is 392 g/mol. The number of carbonyl (C=O) groups excluding carboxylic acids is 1. The summed E-state index contributed by atoms with van der Waals surface area (Å²) in [6.45, 7) is 1.94. The fraction of sp³-hybridized carbons (Fsp3) is 0.174. The van der Waals surface area contributed by atoms with Crippen LogP contribution in [0.2, 0.25) is 5.02 Å². The number of halogens is 1. The van der Waals surface area contributed by atoms with E-state index >= 15 is 0 Å². The molecular weight excluding hydrogens is 370 g/mol. The van der Waals surface area contributed by atoms with Crippen molar-refractivity contribution in [3.63, 3.8) is 0 Å². The highest BCUT2D eigenvalue weighted by molar-refractivity contribution is 6.30. The topological polar surface area (TPSA) is 35.6 Å². The SMILES string of the molecule is O=C1N(Cc2ccccc2)CC(CNc2ccc(Cl)cc2)N1c1ccccc1. The van der Waals surface area contributed by atoms with Crippen molar-refractivity contribution in [1.82, 2.24) is 4.90 Å². The molecule has 3 aromatic carbocycles. The van der Waals surface area contributed by atoms with Crippen LogP contribution in [0.25, 0.3) is 0 Å². The Bertz CT molecular complexity index is 916. The van der Waals surface area contributed by atoms with Gasteiger partial charge < -0.3 is 10.2 Å². The Balaban J connectivity index is 1.53. The predicted octanol–water partition coefficient (Wildman–Crippen LogP) is 5.26. The molecule has 0 spiro atoms. The molecule has 1 saturated heterocycles. The Hall–Kier alpha value is -2.98. The summed E-state index contributed by atoms with van der Waals surface area (Å²) >= 11 is 5.97. The highest BCUT2D eigenvalue weighted by atomic mass is 35.5. The zero-order valence-corrected chi connectivity index (χ0v) is 16.2. The lowest BCUT2D eigenvalue weighted by Crippen LogP contribution is -2.38. The van der Waals surface area contributed by atoms with E-state index in [0.717, 1.165) is 16.9 Å². The fourth-order valence-corrected chi connectivity index (χ4v) is 3.65. The van der Waals surface area contributed by atoms with Gasteiger partial charge in [0.2, 0.25) is 0 Å². The van der Waals surface area contributed by atoms with Gasteiger partial charge in [0.1, 0.15) is 0 Å². The van der Waals surface area contributed by atoms with E-state index in [2.05, 4.69) is 17.4 Å². The van der Waals surface area contributed by atoms with Gasteiger partial charge in [0.05, 0.1) is 6.04 Å². The van der Waals surface area contributed by atoms with Crippen molar-refractivity contribution in [3.8, 4) is 0 Å². The molecule has 0 aromatic heterocycles. The Morgan fingerprint density at radius 2 is 1.54 bits per heavy atom. The molecule has 0 saturated carbocycles. The second-order valence-corrected chi connectivity index (χ2v) is 7.33. The molecule has 1 aliphatic rings. The molecule has 142 valence electrons. The monoisotopic (exact) mass is 391 g/mol. The maximum Gasteiger partial charge on any atom is 0.325 e. The summed E-state index contributed by atoms with van der Waals surface area (Å²) in [4.78, 5) is 17.0. The molecule has 5 heteroatoms. The van der Waals surface area contributed by atoms with Crippen molar-refractivity contribution >= 4 is 29.0 Å². The molecular formula is C23H22ClN3O. The number of rotatable bonds is 6. The standard InChI is InChI=1S/C23H22ClN3O/c24-19-11-13-20(14-12-19)25-15-22-17-26(16-18-7-3-1-4-8-18)23(28)27(22)21-9-5-2-6-10-21/h1-14,22,25H,15-17H2. The molecule has 4 nitrogen and oxygen atoms in total. The van der Waals surface area contributed by atoms with Crippen LogP contribution in [-0.2, 0) is 6.54 Å². The molecule has 0 radical (unpaired) electrons. The molecule has 1 unspecified atom stereocenters. The third-order valence-corrected chi connectivity index (χ3v) is 5.16. The summed E-state index contributed by atoms with van der Waals surface area (Å²) in [6, 6.07) is 27.7. The summed E-state index contributed by atoms with van der Waals surface area (Å²) in [5, 5.41) is 4.15. The number of anilines is 2. The lowest BCUT2D eigenvalue weighted by atomic mass is 10.2. The van der Waals surface area contributed by atoms with Crippen LogP contribution in [0, 0.1) is 0 Å². The van der Waals surface area contributed by atoms with E-state index in [1.54, 1.807) is 0 Å². The zero-order valence-electron chi connectivity index (χ0n) is 15.5. The van der Waals surface area contributed by atoms with E-state index in [4.69, 9.17) is 11.6 Å². The van der Waals surface area contributed by atoms with Crippen LogP contribution in [0.1, 0.15) is 5.56 Å². The van der Waals surface area contributed by atoms with Crippen molar-refractivity contribution in [1.29, 1.82) is 0 Å². The average Bonchev–Trinajstić information content (AvgIpc) is 3.04. The minimum absolute atomic E-state index is 0.0364. The molecule has 0 aliphatic carbocycles. The summed E-state index contributed by atoms with van der Waals surface area (Å²) in [7, 11) is 0. The summed E-state index contributed by atoms with van der Waals surface area (Å²) in [5.41, 5.74) is 3.05. The maximum absolute atomic E-state index is 13.2. The molecule has 4 rings (SSSR count). The zero-order chi connectivity index (χ0) is 19.3. The molecule has 1 atom stereocenters. The number of benzene rings is 3. The number of nitrogens with one attached hydrogen (secondary N) is 1. The molecule has 28 heavy (non-hydrogen) atoms. The van der Waals surface area contributed by atoms with Crippen molar-refractivity contribution in [2.24, 2.45) is 0 Å². The highest BCUT2D eigenvalue weighted by Crippen LogP contribution is 2.26. The van der Waals surface area contributed by atoms with Gasteiger partial charge >= 0.3 is 6.03 Å². The van der Waals surface area contributed by atoms with Crippen molar-refractivity contribution in [2.75, 3.05) is 23.3 Å². The molecule has 2 amide bonds. The first-order valence-electron chi connectivity index (χ1n) is 9.37. The number of hydrogen-bond acceptors (Lipinski definition) is 2. The van der Waals surface area contributed by atoms with Crippen LogP contribution in [0.4, 0.5) is 16.2 Å². The van der Waals surface area contributed by atoms with Crippen molar-refractivity contribution in [2.45, 2.75) is 12.6 Å². The van der Waals surface area contributed by atoms with Crippen molar-refractivity contribution < 1.29 is 4.79 Å².